The third-order valence-electron chi connectivity index (χ3n) is 2.77. The van der Waals surface area contributed by atoms with Crippen molar-refractivity contribution in [2.45, 2.75) is 6.61 Å². The fraction of sp³-hybridized carbons (Fsp3) is 0.0588. The highest BCUT2D eigenvalue weighted by Gasteiger charge is 2.11. The van der Waals surface area contributed by atoms with E-state index in [4.69, 9.17) is 21.6 Å². The minimum Gasteiger partial charge on any atom is -0.457 e. The van der Waals surface area contributed by atoms with Crippen LogP contribution in [0, 0.1) is 11.3 Å². The van der Waals surface area contributed by atoms with Crippen molar-refractivity contribution in [3.63, 3.8) is 0 Å². The Hall–Kier alpha value is -2.57. The average Bonchev–Trinajstić information content (AvgIpc) is 2.52. The maximum Gasteiger partial charge on any atom is 0.349 e. The first-order valence-electron chi connectivity index (χ1n) is 6.28. The van der Waals surface area contributed by atoms with Crippen molar-refractivity contribution in [3.05, 3.63) is 76.3 Å². The van der Waals surface area contributed by atoms with Gasteiger partial charge in [-0.3, -0.25) is 0 Å². The van der Waals surface area contributed by atoms with Crippen LogP contribution < -0.4 is 0 Å². The minimum atomic E-state index is -0.665. The number of carbonyl (C=O) groups excluding carboxylic acids is 1. The predicted octanol–water partition coefficient (Wildman–Crippen LogP) is 3.99. The van der Waals surface area contributed by atoms with Crippen LogP contribution in [0.5, 0.6) is 0 Å². The van der Waals surface area contributed by atoms with Gasteiger partial charge in [-0.1, -0.05) is 60.1 Å². The topological polar surface area (TPSA) is 50.1 Å². The van der Waals surface area contributed by atoms with Crippen LogP contribution in [0.2, 0.25) is 5.02 Å². The number of esters is 1. The Morgan fingerprint density at radius 1 is 1.14 bits per heavy atom. The summed E-state index contributed by atoms with van der Waals surface area (Å²) >= 11 is 5.98. The first kappa shape index (κ1) is 14.8. The van der Waals surface area contributed by atoms with E-state index in [0.29, 0.717) is 10.6 Å². The lowest BCUT2D eigenvalue weighted by Gasteiger charge is -2.05. The third kappa shape index (κ3) is 4.20. The van der Waals surface area contributed by atoms with E-state index < -0.39 is 5.97 Å². The molecule has 0 aliphatic carbocycles. The second-order valence-electron chi connectivity index (χ2n) is 4.25. The molecule has 0 radical (unpaired) electrons. The second kappa shape index (κ2) is 7.28. The molecule has 0 unspecified atom stereocenters. The molecule has 0 amide bonds. The number of hydrogen-bond donors (Lipinski definition) is 0. The molecule has 0 aliphatic rings. The van der Waals surface area contributed by atoms with Crippen molar-refractivity contribution >= 4 is 23.6 Å². The molecule has 2 aromatic rings. The number of hydrogen-bond acceptors (Lipinski definition) is 3. The van der Waals surface area contributed by atoms with Gasteiger partial charge in [0.05, 0.1) is 0 Å². The molecule has 0 heterocycles. The first-order chi connectivity index (χ1) is 10.2. The van der Waals surface area contributed by atoms with Gasteiger partial charge < -0.3 is 4.74 Å². The summed E-state index contributed by atoms with van der Waals surface area (Å²) in [5.41, 5.74) is 1.42. The zero-order valence-corrected chi connectivity index (χ0v) is 11.9. The lowest BCUT2D eigenvalue weighted by Crippen LogP contribution is -2.07. The Balaban J connectivity index is 2.07. The molecule has 0 aliphatic heterocycles. The maximum atomic E-state index is 11.9. The zero-order chi connectivity index (χ0) is 15.1. The van der Waals surface area contributed by atoms with Crippen LogP contribution in [0.3, 0.4) is 0 Å². The van der Waals surface area contributed by atoms with Crippen LogP contribution in [0.1, 0.15) is 11.1 Å². The summed E-state index contributed by atoms with van der Waals surface area (Å²) in [6.07, 6.45) is 1.49. The largest absolute Gasteiger partial charge is 0.457 e. The van der Waals surface area contributed by atoms with Crippen LogP contribution in [0.4, 0.5) is 0 Å². The van der Waals surface area contributed by atoms with E-state index in [2.05, 4.69) is 0 Å². The summed E-state index contributed by atoms with van der Waals surface area (Å²) in [4.78, 5) is 11.9. The summed E-state index contributed by atoms with van der Waals surface area (Å²) in [5, 5.41) is 9.59. The monoisotopic (exact) mass is 297 g/mol. The van der Waals surface area contributed by atoms with Gasteiger partial charge in [0.2, 0.25) is 0 Å². The van der Waals surface area contributed by atoms with Gasteiger partial charge in [-0.2, -0.15) is 5.26 Å². The molecule has 21 heavy (non-hydrogen) atoms. The van der Waals surface area contributed by atoms with Crippen molar-refractivity contribution in [1.82, 2.24) is 0 Å². The number of nitrogens with zero attached hydrogens (tertiary/aromatic N) is 1. The Morgan fingerprint density at radius 3 is 2.48 bits per heavy atom. The van der Waals surface area contributed by atoms with Gasteiger partial charge in [-0.15, -0.1) is 0 Å². The number of halogens is 1. The molecule has 0 fully saturated rings. The highest BCUT2D eigenvalue weighted by Crippen LogP contribution is 2.16. The van der Waals surface area contributed by atoms with E-state index in [1.54, 1.807) is 36.4 Å². The van der Waals surface area contributed by atoms with Crippen molar-refractivity contribution in [2.75, 3.05) is 0 Å². The summed E-state index contributed by atoms with van der Waals surface area (Å²) < 4.78 is 5.12. The summed E-state index contributed by atoms with van der Waals surface area (Å²) in [6, 6.07) is 18.1. The van der Waals surface area contributed by atoms with Crippen molar-refractivity contribution < 1.29 is 9.53 Å². The molecule has 0 saturated heterocycles. The Kier molecular flexibility index (Phi) is 5.14. The number of rotatable bonds is 4. The number of carbonyl (C=O) groups is 1. The van der Waals surface area contributed by atoms with Gasteiger partial charge in [-0.25, -0.2) is 4.79 Å². The molecule has 104 valence electrons. The molecule has 2 aromatic carbocycles. The molecule has 0 N–H and O–H groups in total. The van der Waals surface area contributed by atoms with Crippen LogP contribution in [-0.4, -0.2) is 5.97 Å². The number of benzene rings is 2. The van der Waals surface area contributed by atoms with Gasteiger partial charge in [0.25, 0.3) is 0 Å². The van der Waals surface area contributed by atoms with E-state index in [1.807, 2.05) is 24.3 Å². The molecule has 0 bridgehead atoms. The number of ether oxygens (including phenoxy) is 1. The summed E-state index contributed by atoms with van der Waals surface area (Å²) in [5.74, 6) is -0.665. The van der Waals surface area contributed by atoms with Crippen molar-refractivity contribution in [2.24, 2.45) is 0 Å². The molecule has 0 atom stereocenters. The smallest absolute Gasteiger partial charge is 0.349 e. The summed E-state index contributed by atoms with van der Waals surface area (Å²) in [7, 11) is 0. The third-order valence-corrected chi connectivity index (χ3v) is 3.14. The molecular weight excluding hydrogens is 286 g/mol. The minimum absolute atomic E-state index is 0.0340. The van der Waals surface area contributed by atoms with Crippen LogP contribution in [-0.2, 0) is 16.1 Å². The van der Waals surface area contributed by atoms with E-state index in [1.165, 1.54) is 6.08 Å². The standard InChI is InChI=1S/C17H12ClNO2/c18-16-9-5-4-8-14(16)12-21-17(20)15(11-19)10-13-6-2-1-3-7-13/h1-10H,12H2/b15-10-. The Labute approximate surface area is 128 Å². The van der Waals surface area contributed by atoms with E-state index in [0.717, 1.165) is 5.56 Å². The Bertz CT molecular complexity index is 702. The van der Waals surface area contributed by atoms with Crippen molar-refractivity contribution in [3.8, 4) is 6.07 Å². The van der Waals surface area contributed by atoms with Gasteiger partial charge in [0, 0.05) is 10.6 Å². The lowest BCUT2D eigenvalue weighted by atomic mass is 10.1. The van der Waals surface area contributed by atoms with Gasteiger partial charge >= 0.3 is 5.97 Å². The van der Waals surface area contributed by atoms with Gasteiger partial charge in [0.1, 0.15) is 18.2 Å². The fourth-order valence-electron chi connectivity index (χ4n) is 1.69. The van der Waals surface area contributed by atoms with E-state index >= 15 is 0 Å². The molecule has 0 saturated carbocycles. The molecular formula is C17H12ClNO2. The van der Waals surface area contributed by atoms with E-state index in [9.17, 15) is 4.79 Å². The van der Waals surface area contributed by atoms with Gasteiger partial charge in [0.15, 0.2) is 0 Å². The molecule has 4 heteroatoms. The average molecular weight is 298 g/mol. The highest BCUT2D eigenvalue weighted by molar-refractivity contribution is 6.31. The van der Waals surface area contributed by atoms with Crippen LogP contribution in [0.15, 0.2) is 60.2 Å². The fourth-order valence-corrected chi connectivity index (χ4v) is 1.88. The summed E-state index contributed by atoms with van der Waals surface area (Å²) in [6.45, 7) is 0.0340. The predicted molar refractivity (Wildman–Crippen MR) is 81.3 cm³/mol. The SMILES string of the molecule is N#C/C(=C/c1ccccc1)C(=O)OCc1ccccc1Cl. The highest BCUT2D eigenvalue weighted by atomic mass is 35.5. The van der Waals surface area contributed by atoms with Crippen LogP contribution >= 0.6 is 11.6 Å². The maximum absolute atomic E-state index is 11.9. The first-order valence-corrected chi connectivity index (χ1v) is 6.66. The molecule has 3 nitrogen and oxygen atoms in total. The van der Waals surface area contributed by atoms with E-state index in [-0.39, 0.29) is 12.2 Å². The van der Waals surface area contributed by atoms with Gasteiger partial charge in [-0.05, 0) is 17.7 Å². The zero-order valence-electron chi connectivity index (χ0n) is 11.1. The quantitative estimate of drug-likeness (QED) is 0.487. The Morgan fingerprint density at radius 2 is 1.81 bits per heavy atom. The molecule has 0 aromatic heterocycles. The molecule has 0 spiro atoms. The molecule has 2 rings (SSSR count). The second-order valence-corrected chi connectivity index (χ2v) is 4.66. The van der Waals surface area contributed by atoms with Crippen molar-refractivity contribution in [1.29, 1.82) is 5.26 Å². The normalized spacial score (nSPS) is 10.8. The van der Waals surface area contributed by atoms with Crippen LogP contribution in [0.25, 0.3) is 6.08 Å². The lowest BCUT2D eigenvalue weighted by molar-refractivity contribution is -0.139. The number of nitriles is 1.